The van der Waals surface area contributed by atoms with Crippen LogP contribution in [-0.2, 0) is 11.2 Å². The second kappa shape index (κ2) is 7.20. The summed E-state index contributed by atoms with van der Waals surface area (Å²) < 4.78 is 19.0. The van der Waals surface area contributed by atoms with Gasteiger partial charge in [0.2, 0.25) is 0 Å². The predicted molar refractivity (Wildman–Crippen MR) is 82.4 cm³/mol. The lowest BCUT2D eigenvalue weighted by atomic mass is 10.1. The van der Waals surface area contributed by atoms with Crippen LogP contribution in [0.4, 0.5) is 10.1 Å². The molecule has 2 aliphatic heterocycles. The van der Waals surface area contributed by atoms with Gasteiger partial charge in [-0.2, -0.15) is 0 Å². The Morgan fingerprint density at radius 3 is 2.62 bits per heavy atom. The zero-order valence-corrected chi connectivity index (χ0v) is 12.5. The van der Waals surface area contributed by atoms with Crippen LogP contribution in [0.1, 0.15) is 5.56 Å². The van der Waals surface area contributed by atoms with Crippen molar-refractivity contribution in [2.45, 2.75) is 6.42 Å². The molecular formula is C16H24FN3O. The van der Waals surface area contributed by atoms with E-state index >= 15 is 0 Å². The molecule has 2 aliphatic rings. The lowest BCUT2D eigenvalue weighted by Gasteiger charge is -2.32. The summed E-state index contributed by atoms with van der Waals surface area (Å²) in [5, 5.41) is 3.37. The molecule has 1 aromatic rings. The highest BCUT2D eigenvalue weighted by Gasteiger charge is 2.17. The summed E-state index contributed by atoms with van der Waals surface area (Å²) in [7, 11) is 0. The molecule has 3 rings (SSSR count). The van der Waals surface area contributed by atoms with Crippen molar-refractivity contribution in [3.05, 3.63) is 29.6 Å². The van der Waals surface area contributed by atoms with E-state index in [1.165, 1.54) is 5.56 Å². The number of rotatable bonds is 4. The number of nitrogens with zero attached hydrogens (tertiary/aromatic N) is 2. The summed E-state index contributed by atoms with van der Waals surface area (Å²) in [6.45, 7) is 8.56. The monoisotopic (exact) mass is 293 g/mol. The van der Waals surface area contributed by atoms with Crippen molar-refractivity contribution in [1.82, 2.24) is 10.2 Å². The molecule has 0 unspecified atom stereocenters. The molecule has 0 spiro atoms. The molecule has 0 aromatic heterocycles. The largest absolute Gasteiger partial charge is 0.378 e. The van der Waals surface area contributed by atoms with Gasteiger partial charge in [-0.05, 0) is 24.1 Å². The number of halogens is 1. The van der Waals surface area contributed by atoms with Crippen LogP contribution in [0.15, 0.2) is 18.2 Å². The molecule has 21 heavy (non-hydrogen) atoms. The van der Waals surface area contributed by atoms with E-state index in [0.717, 1.165) is 71.1 Å². The second-order valence-electron chi connectivity index (χ2n) is 5.71. The molecule has 0 aliphatic carbocycles. The Morgan fingerprint density at radius 1 is 1.10 bits per heavy atom. The van der Waals surface area contributed by atoms with Gasteiger partial charge in [-0.15, -0.1) is 0 Å². The molecule has 1 N–H and O–H groups in total. The molecule has 5 heteroatoms. The fourth-order valence-electron chi connectivity index (χ4n) is 3.06. The number of ether oxygens (including phenoxy) is 1. The third kappa shape index (κ3) is 3.93. The summed E-state index contributed by atoms with van der Waals surface area (Å²) in [6, 6.07) is 5.21. The fraction of sp³-hybridized carbons (Fsp3) is 0.625. The third-order valence-corrected chi connectivity index (χ3v) is 4.31. The minimum Gasteiger partial charge on any atom is -0.378 e. The van der Waals surface area contributed by atoms with E-state index in [1.54, 1.807) is 12.1 Å². The Morgan fingerprint density at radius 2 is 1.86 bits per heavy atom. The second-order valence-corrected chi connectivity index (χ2v) is 5.71. The van der Waals surface area contributed by atoms with Gasteiger partial charge in [-0.1, -0.05) is 6.07 Å². The van der Waals surface area contributed by atoms with Gasteiger partial charge in [0.05, 0.1) is 13.2 Å². The van der Waals surface area contributed by atoms with Crippen LogP contribution < -0.4 is 10.2 Å². The van der Waals surface area contributed by atoms with Crippen LogP contribution in [0.25, 0.3) is 0 Å². The first-order chi connectivity index (χ1) is 10.3. The molecule has 2 fully saturated rings. The van der Waals surface area contributed by atoms with Gasteiger partial charge in [-0.25, -0.2) is 4.39 Å². The van der Waals surface area contributed by atoms with Gasteiger partial charge in [0.15, 0.2) is 0 Å². The number of nitrogens with one attached hydrogen (secondary N) is 1. The highest BCUT2D eigenvalue weighted by molar-refractivity contribution is 5.54. The maximum absolute atomic E-state index is 13.6. The number of hydrogen-bond acceptors (Lipinski definition) is 4. The standard InChI is InChI=1S/C16H24FN3O/c17-15-2-1-14(3-6-19-7-4-18-5-8-19)16(13-15)20-9-11-21-12-10-20/h1-2,13,18H,3-12H2. The van der Waals surface area contributed by atoms with Crippen LogP contribution in [0.3, 0.4) is 0 Å². The Hall–Kier alpha value is -1.17. The van der Waals surface area contributed by atoms with Crippen molar-refractivity contribution in [3.8, 4) is 0 Å². The van der Waals surface area contributed by atoms with Gasteiger partial charge in [0, 0.05) is 51.5 Å². The molecule has 0 amide bonds. The van der Waals surface area contributed by atoms with E-state index in [4.69, 9.17) is 4.74 Å². The van der Waals surface area contributed by atoms with E-state index in [1.807, 2.05) is 6.07 Å². The molecule has 0 saturated carbocycles. The Bertz CT molecular complexity index is 457. The minimum absolute atomic E-state index is 0.151. The number of anilines is 1. The average molecular weight is 293 g/mol. The number of hydrogen-bond donors (Lipinski definition) is 1. The minimum atomic E-state index is -0.151. The molecule has 4 nitrogen and oxygen atoms in total. The average Bonchev–Trinajstić information content (AvgIpc) is 2.55. The van der Waals surface area contributed by atoms with Gasteiger partial charge in [0.1, 0.15) is 5.82 Å². The first-order valence-corrected chi connectivity index (χ1v) is 7.87. The summed E-state index contributed by atoms with van der Waals surface area (Å²) >= 11 is 0. The van der Waals surface area contributed by atoms with Crippen molar-refractivity contribution in [1.29, 1.82) is 0 Å². The first kappa shape index (κ1) is 14.8. The molecule has 1 aromatic carbocycles. The summed E-state index contributed by atoms with van der Waals surface area (Å²) in [6.07, 6.45) is 0.979. The van der Waals surface area contributed by atoms with Gasteiger partial charge >= 0.3 is 0 Å². The van der Waals surface area contributed by atoms with E-state index in [-0.39, 0.29) is 5.82 Å². The van der Waals surface area contributed by atoms with Crippen LogP contribution in [0, 0.1) is 5.82 Å². The molecule has 116 valence electrons. The smallest absolute Gasteiger partial charge is 0.125 e. The normalized spacial score (nSPS) is 20.7. The number of piperazine rings is 1. The molecule has 2 saturated heterocycles. The number of benzene rings is 1. The number of morpholine rings is 1. The lowest BCUT2D eigenvalue weighted by molar-refractivity contribution is 0.122. The van der Waals surface area contributed by atoms with Gasteiger partial charge < -0.3 is 19.9 Å². The van der Waals surface area contributed by atoms with E-state index in [2.05, 4.69) is 15.1 Å². The Balaban J connectivity index is 1.68. The SMILES string of the molecule is Fc1ccc(CCN2CCNCC2)c(N2CCOCC2)c1. The van der Waals surface area contributed by atoms with E-state index in [0.29, 0.717) is 0 Å². The maximum atomic E-state index is 13.6. The van der Waals surface area contributed by atoms with Crippen LogP contribution in [0.2, 0.25) is 0 Å². The van der Waals surface area contributed by atoms with Crippen LogP contribution in [0.5, 0.6) is 0 Å². The first-order valence-electron chi connectivity index (χ1n) is 7.87. The van der Waals surface area contributed by atoms with Gasteiger partial charge in [0.25, 0.3) is 0 Å². The van der Waals surface area contributed by atoms with Crippen molar-refractivity contribution in [2.75, 3.05) is 63.9 Å². The molecule has 0 bridgehead atoms. The molecular weight excluding hydrogens is 269 g/mol. The predicted octanol–water partition coefficient (Wildman–Crippen LogP) is 1.11. The topological polar surface area (TPSA) is 27.7 Å². The van der Waals surface area contributed by atoms with Crippen molar-refractivity contribution < 1.29 is 9.13 Å². The summed E-state index contributed by atoms with van der Waals surface area (Å²) in [4.78, 5) is 4.72. The highest BCUT2D eigenvalue weighted by Crippen LogP contribution is 2.23. The molecule has 0 radical (unpaired) electrons. The fourth-order valence-corrected chi connectivity index (χ4v) is 3.06. The Kier molecular flexibility index (Phi) is 5.06. The molecule has 2 heterocycles. The highest BCUT2D eigenvalue weighted by atomic mass is 19.1. The van der Waals surface area contributed by atoms with Crippen molar-refractivity contribution in [3.63, 3.8) is 0 Å². The van der Waals surface area contributed by atoms with Gasteiger partial charge in [-0.3, -0.25) is 0 Å². The maximum Gasteiger partial charge on any atom is 0.125 e. The summed E-state index contributed by atoms with van der Waals surface area (Å²) in [5.74, 6) is -0.151. The lowest BCUT2D eigenvalue weighted by Crippen LogP contribution is -2.44. The zero-order valence-electron chi connectivity index (χ0n) is 12.5. The van der Waals surface area contributed by atoms with E-state index < -0.39 is 0 Å². The summed E-state index contributed by atoms with van der Waals surface area (Å²) in [5.41, 5.74) is 2.30. The van der Waals surface area contributed by atoms with Crippen molar-refractivity contribution >= 4 is 5.69 Å². The van der Waals surface area contributed by atoms with Crippen LogP contribution >= 0.6 is 0 Å². The zero-order chi connectivity index (χ0) is 14.5. The molecule has 0 atom stereocenters. The third-order valence-electron chi connectivity index (χ3n) is 4.31. The van der Waals surface area contributed by atoms with E-state index in [9.17, 15) is 4.39 Å². The Labute approximate surface area is 125 Å². The van der Waals surface area contributed by atoms with Crippen LogP contribution in [-0.4, -0.2) is 63.9 Å². The quantitative estimate of drug-likeness (QED) is 0.900. The van der Waals surface area contributed by atoms with Crippen molar-refractivity contribution in [2.24, 2.45) is 0 Å².